The summed E-state index contributed by atoms with van der Waals surface area (Å²) < 4.78 is 83.4. The smallest absolute Gasteiger partial charge is 0.430 e. The van der Waals surface area contributed by atoms with Gasteiger partial charge in [0.15, 0.2) is 0 Å². The molecule has 1 N–H and O–H groups in total. The van der Waals surface area contributed by atoms with Crippen LogP contribution < -0.4 is 4.74 Å². The van der Waals surface area contributed by atoms with Crippen LogP contribution in [-0.4, -0.2) is 17.5 Å². The molecule has 0 aromatic heterocycles. The monoisotopic (exact) mass is 426 g/mol. The Hall–Kier alpha value is -3.00. The lowest BCUT2D eigenvalue weighted by atomic mass is 9.90. The summed E-state index contributed by atoms with van der Waals surface area (Å²) in [4.78, 5) is 0. The molecule has 3 rings (SSSR count). The first-order valence-electron chi connectivity index (χ1n) is 8.76. The quantitative estimate of drug-likeness (QED) is 0.489. The molecule has 0 aliphatic heterocycles. The zero-order chi connectivity index (χ0) is 22.0. The van der Waals surface area contributed by atoms with Crippen molar-refractivity contribution in [2.45, 2.75) is 24.6 Å². The zero-order valence-corrected chi connectivity index (χ0v) is 15.3. The van der Waals surface area contributed by atoms with E-state index in [2.05, 4.69) is 0 Å². The molecule has 0 aliphatic carbocycles. The lowest BCUT2D eigenvalue weighted by Crippen LogP contribution is -2.53. The molecule has 2 nitrogen and oxygen atoms in total. The molecule has 3 aromatic rings. The highest BCUT2D eigenvalue weighted by Crippen LogP contribution is 2.50. The number of hydrogen-bond acceptors (Lipinski definition) is 2. The van der Waals surface area contributed by atoms with Gasteiger partial charge in [0, 0.05) is 5.56 Å². The minimum Gasteiger partial charge on any atom is -0.489 e. The molecular weight excluding hydrogens is 410 g/mol. The van der Waals surface area contributed by atoms with Crippen LogP contribution in [-0.2, 0) is 12.2 Å². The van der Waals surface area contributed by atoms with E-state index in [1.54, 1.807) is 24.3 Å². The number of rotatable bonds is 5. The second-order valence-electron chi connectivity index (χ2n) is 6.58. The number of alkyl halides is 6. The Balaban J connectivity index is 1.77. The SMILES string of the molecule is OC(c1ccc(-c2ccc(OCc3ccccc3)cc2)cc1)(C(F)(F)F)C(F)(F)F. The summed E-state index contributed by atoms with van der Waals surface area (Å²) in [6.45, 7) is 0.350. The van der Waals surface area contributed by atoms with Gasteiger partial charge in [-0.25, -0.2) is 0 Å². The van der Waals surface area contributed by atoms with Gasteiger partial charge in [0.2, 0.25) is 0 Å². The van der Waals surface area contributed by atoms with Crippen LogP contribution >= 0.6 is 0 Å². The summed E-state index contributed by atoms with van der Waals surface area (Å²) in [6.07, 6.45) is -11.8. The van der Waals surface area contributed by atoms with Crippen molar-refractivity contribution in [2.24, 2.45) is 0 Å². The number of aliphatic hydroxyl groups is 1. The summed E-state index contributed by atoms with van der Waals surface area (Å²) >= 11 is 0. The van der Waals surface area contributed by atoms with E-state index in [-0.39, 0.29) is 0 Å². The zero-order valence-electron chi connectivity index (χ0n) is 15.3. The van der Waals surface area contributed by atoms with E-state index < -0.39 is 23.5 Å². The molecule has 0 spiro atoms. The Morgan fingerprint density at radius 2 is 1.10 bits per heavy atom. The second kappa shape index (κ2) is 8.02. The van der Waals surface area contributed by atoms with Gasteiger partial charge >= 0.3 is 12.4 Å². The predicted molar refractivity (Wildman–Crippen MR) is 98.7 cm³/mol. The van der Waals surface area contributed by atoms with Crippen LogP contribution in [0.5, 0.6) is 5.75 Å². The molecule has 158 valence electrons. The van der Waals surface area contributed by atoms with Gasteiger partial charge < -0.3 is 9.84 Å². The number of benzene rings is 3. The maximum absolute atomic E-state index is 13.0. The van der Waals surface area contributed by atoms with Gasteiger partial charge in [-0.3, -0.25) is 0 Å². The minimum atomic E-state index is -5.91. The standard InChI is InChI=1S/C22H16F6O2/c23-21(24,25)20(29,22(26,27)28)18-10-6-16(7-11-18)17-8-12-19(13-9-17)30-14-15-4-2-1-3-5-15/h1-13,29H,14H2. The lowest BCUT2D eigenvalue weighted by Gasteiger charge is -2.32. The van der Waals surface area contributed by atoms with Crippen LogP contribution in [0, 0.1) is 0 Å². The van der Waals surface area contributed by atoms with Crippen molar-refractivity contribution in [2.75, 3.05) is 0 Å². The average molecular weight is 426 g/mol. The highest BCUT2D eigenvalue weighted by Gasteiger charge is 2.71. The van der Waals surface area contributed by atoms with E-state index in [0.29, 0.717) is 35.6 Å². The van der Waals surface area contributed by atoms with Crippen molar-refractivity contribution in [1.29, 1.82) is 0 Å². The molecule has 0 unspecified atom stereocenters. The Morgan fingerprint density at radius 1 is 0.633 bits per heavy atom. The number of halogens is 6. The van der Waals surface area contributed by atoms with Crippen molar-refractivity contribution in [3.05, 3.63) is 90.0 Å². The van der Waals surface area contributed by atoms with Gasteiger partial charge in [-0.15, -0.1) is 0 Å². The molecule has 0 heterocycles. The molecular formula is C22H16F6O2. The third kappa shape index (κ3) is 4.28. The third-order valence-corrected chi connectivity index (χ3v) is 4.56. The van der Waals surface area contributed by atoms with Gasteiger partial charge in [0.05, 0.1) is 0 Å². The molecule has 8 heteroatoms. The fraction of sp³-hybridized carbons (Fsp3) is 0.182. The van der Waals surface area contributed by atoms with E-state index >= 15 is 0 Å². The molecule has 0 saturated heterocycles. The van der Waals surface area contributed by atoms with Gasteiger partial charge in [0.25, 0.3) is 5.60 Å². The lowest BCUT2D eigenvalue weighted by molar-refractivity contribution is -0.376. The van der Waals surface area contributed by atoms with E-state index in [1.165, 1.54) is 0 Å². The molecule has 0 amide bonds. The van der Waals surface area contributed by atoms with Crippen LogP contribution in [0.2, 0.25) is 0 Å². The van der Waals surface area contributed by atoms with Crippen LogP contribution in [0.25, 0.3) is 11.1 Å². The summed E-state index contributed by atoms with van der Waals surface area (Å²) in [5, 5.41) is 9.44. The molecule has 0 radical (unpaired) electrons. The van der Waals surface area contributed by atoms with Crippen molar-refractivity contribution < 1.29 is 36.2 Å². The van der Waals surface area contributed by atoms with Crippen molar-refractivity contribution >= 4 is 0 Å². The largest absolute Gasteiger partial charge is 0.489 e. The van der Waals surface area contributed by atoms with Crippen molar-refractivity contribution in [1.82, 2.24) is 0 Å². The second-order valence-corrected chi connectivity index (χ2v) is 6.58. The highest BCUT2D eigenvalue weighted by molar-refractivity contribution is 5.64. The molecule has 0 fully saturated rings. The minimum absolute atomic E-state index is 0.350. The molecule has 0 bridgehead atoms. The maximum atomic E-state index is 13.0. The Kier molecular flexibility index (Phi) is 5.81. The third-order valence-electron chi connectivity index (χ3n) is 4.56. The van der Waals surface area contributed by atoms with E-state index in [0.717, 1.165) is 17.7 Å². The molecule has 0 atom stereocenters. The predicted octanol–water partition coefficient (Wildman–Crippen LogP) is 6.24. The van der Waals surface area contributed by atoms with Gasteiger partial charge in [-0.1, -0.05) is 66.7 Å². The average Bonchev–Trinajstić information content (AvgIpc) is 2.71. The summed E-state index contributed by atoms with van der Waals surface area (Å²) in [7, 11) is 0. The number of hydrogen-bond donors (Lipinski definition) is 1. The van der Waals surface area contributed by atoms with Gasteiger partial charge in [0.1, 0.15) is 12.4 Å². The number of ether oxygens (including phenoxy) is 1. The van der Waals surface area contributed by atoms with E-state index in [4.69, 9.17) is 4.74 Å². The van der Waals surface area contributed by atoms with Crippen LogP contribution in [0.3, 0.4) is 0 Å². The fourth-order valence-corrected chi connectivity index (χ4v) is 2.88. The van der Waals surface area contributed by atoms with E-state index in [9.17, 15) is 31.4 Å². The van der Waals surface area contributed by atoms with Gasteiger partial charge in [-0.05, 0) is 28.8 Å². The summed E-state index contributed by atoms with van der Waals surface area (Å²) in [5.74, 6) is 0.558. The first-order valence-corrected chi connectivity index (χ1v) is 8.76. The first-order chi connectivity index (χ1) is 14.0. The normalized spacial score (nSPS) is 12.6. The first kappa shape index (κ1) is 21.7. The highest BCUT2D eigenvalue weighted by atomic mass is 19.4. The summed E-state index contributed by atoms with van der Waals surface area (Å²) in [6, 6.07) is 19.4. The molecule has 0 saturated carbocycles. The molecule has 30 heavy (non-hydrogen) atoms. The Labute approximate surface area is 168 Å². The summed E-state index contributed by atoms with van der Waals surface area (Å²) in [5.41, 5.74) is -4.31. The van der Waals surface area contributed by atoms with Crippen molar-refractivity contribution in [3.63, 3.8) is 0 Å². The fourth-order valence-electron chi connectivity index (χ4n) is 2.88. The van der Waals surface area contributed by atoms with E-state index in [1.807, 2.05) is 30.3 Å². The van der Waals surface area contributed by atoms with Crippen molar-refractivity contribution in [3.8, 4) is 16.9 Å². The maximum Gasteiger partial charge on any atom is 0.430 e. The molecule has 3 aromatic carbocycles. The van der Waals surface area contributed by atoms with Gasteiger partial charge in [-0.2, -0.15) is 26.3 Å². The molecule has 0 aliphatic rings. The topological polar surface area (TPSA) is 29.5 Å². The Bertz CT molecular complexity index is 948. The Morgan fingerprint density at radius 3 is 1.57 bits per heavy atom. The van der Waals surface area contributed by atoms with Crippen LogP contribution in [0.15, 0.2) is 78.9 Å². The van der Waals surface area contributed by atoms with Crippen LogP contribution in [0.4, 0.5) is 26.3 Å². The van der Waals surface area contributed by atoms with Crippen LogP contribution in [0.1, 0.15) is 11.1 Å².